The Bertz CT molecular complexity index is 445. The third-order valence-corrected chi connectivity index (χ3v) is 3.57. The minimum Gasteiger partial charge on any atom is -0.505 e. The molecule has 1 aliphatic rings. The van der Waals surface area contributed by atoms with Gasteiger partial charge in [0.25, 0.3) is 0 Å². The predicted octanol–water partition coefficient (Wildman–Crippen LogP) is 2.09. The lowest BCUT2D eigenvalue weighted by atomic mass is 9.91. The van der Waals surface area contributed by atoms with Gasteiger partial charge in [0.1, 0.15) is 0 Å². The van der Waals surface area contributed by atoms with E-state index in [1.54, 1.807) is 0 Å². The Kier molecular flexibility index (Phi) is 4.47. The first-order valence-corrected chi connectivity index (χ1v) is 6.50. The zero-order valence-electron chi connectivity index (χ0n) is 11.3. The van der Waals surface area contributed by atoms with Crippen LogP contribution in [0.3, 0.4) is 0 Å². The van der Waals surface area contributed by atoms with Crippen LogP contribution in [0.2, 0.25) is 0 Å². The largest absolute Gasteiger partial charge is 0.505 e. The van der Waals surface area contributed by atoms with E-state index in [0.29, 0.717) is 29.4 Å². The molecule has 5 heteroatoms. The summed E-state index contributed by atoms with van der Waals surface area (Å²) in [6.45, 7) is 1.88. The Morgan fingerprint density at radius 2 is 2.21 bits per heavy atom. The summed E-state index contributed by atoms with van der Waals surface area (Å²) in [6, 6.07) is 1.25. The third kappa shape index (κ3) is 2.92. The first-order valence-electron chi connectivity index (χ1n) is 6.50. The van der Waals surface area contributed by atoms with E-state index in [1.807, 2.05) is 0 Å². The second kappa shape index (κ2) is 6.10. The summed E-state index contributed by atoms with van der Waals surface area (Å²) in [4.78, 5) is 0. The lowest BCUT2D eigenvalue weighted by Gasteiger charge is -2.24. The molecule has 1 aromatic rings. The van der Waals surface area contributed by atoms with Gasteiger partial charge in [0, 0.05) is 11.6 Å². The normalized spacial score (nSPS) is 19.2. The molecule has 1 aliphatic heterocycles. The van der Waals surface area contributed by atoms with Gasteiger partial charge in [-0.05, 0) is 38.3 Å². The summed E-state index contributed by atoms with van der Waals surface area (Å²) in [5, 5.41) is 12.9. The van der Waals surface area contributed by atoms with Crippen LogP contribution in [0.5, 0.6) is 17.2 Å². The van der Waals surface area contributed by atoms with Crippen LogP contribution in [0.25, 0.3) is 0 Å². The summed E-state index contributed by atoms with van der Waals surface area (Å²) in [7, 11) is 2.96. The molecule has 2 rings (SSSR count). The van der Waals surface area contributed by atoms with Gasteiger partial charge in [-0.25, -0.2) is 4.39 Å². The van der Waals surface area contributed by atoms with Crippen LogP contribution < -0.4 is 14.8 Å². The highest BCUT2D eigenvalue weighted by Crippen LogP contribution is 2.39. The van der Waals surface area contributed by atoms with Crippen molar-refractivity contribution in [3.63, 3.8) is 0 Å². The van der Waals surface area contributed by atoms with Crippen molar-refractivity contribution < 1.29 is 19.0 Å². The number of nitrogens with one attached hydrogen (secondary N) is 1. The Hall–Kier alpha value is -1.49. The van der Waals surface area contributed by atoms with Crippen LogP contribution in [0.1, 0.15) is 18.4 Å². The van der Waals surface area contributed by atoms with Crippen molar-refractivity contribution in [1.82, 2.24) is 5.32 Å². The quantitative estimate of drug-likeness (QED) is 0.879. The van der Waals surface area contributed by atoms with E-state index in [4.69, 9.17) is 9.47 Å². The first kappa shape index (κ1) is 13.9. The van der Waals surface area contributed by atoms with Gasteiger partial charge in [0.2, 0.25) is 0 Å². The van der Waals surface area contributed by atoms with Crippen molar-refractivity contribution in [2.75, 3.05) is 27.3 Å². The Morgan fingerprint density at radius 1 is 1.42 bits per heavy atom. The van der Waals surface area contributed by atoms with E-state index in [2.05, 4.69) is 5.32 Å². The van der Waals surface area contributed by atoms with Crippen LogP contribution in [-0.2, 0) is 6.42 Å². The van der Waals surface area contributed by atoms with E-state index < -0.39 is 11.6 Å². The van der Waals surface area contributed by atoms with Gasteiger partial charge in [-0.2, -0.15) is 0 Å². The van der Waals surface area contributed by atoms with Crippen molar-refractivity contribution in [2.45, 2.75) is 19.3 Å². The number of phenolic OH excluding ortho intramolecular Hbond substituents is 1. The number of ether oxygens (including phenoxy) is 2. The van der Waals surface area contributed by atoms with Gasteiger partial charge >= 0.3 is 0 Å². The number of benzene rings is 1. The third-order valence-electron chi connectivity index (χ3n) is 3.57. The number of hydrogen-bond acceptors (Lipinski definition) is 4. The summed E-state index contributed by atoms with van der Waals surface area (Å²) >= 11 is 0. The lowest BCUT2D eigenvalue weighted by Crippen LogP contribution is -2.31. The zero-order chi connectivity index (χ0) is 13.8. The van der Waals surface area contributed by atoms with Gasteiger partial charge in [0.05, 0.1) is 14.2 Å². The second-order valence-corrected chi connectivity index (χ2v) is 4.84. The molecule has 1 atom stereocenters. The Labute approximate surface area is 112 Å². The fourth-order valence-corrected chi connectivity index (χ4v) is 2.60. The minimum atomic E-state index is -0.608. The topological polar surface area (TPSA) is 50.7 Å². The monoisotopic (exact) mass is 269 g/mol. The number of halogens is 1. The SMILES string of the molecule is COc1cc(O)c(F)c(CC2CCCNC2)c1OC. The maximum absolute atomic E-state index is 14.1. The molecule has 19 heavy (non-hydrogen) atoms. The maximum Gasteiger partial charge on any atom is 0.171 e. The average Bonchev–Trinajstić information content (AvgIpc) is 2.44. The van der Waals surface area contributed by atoms with Crippen molar-refractivity contribution in [2.24, 2.45) is 5.92 Å². The fraction of sp³-hybridized carbons (Fsp3) is 0.571. The molecule has 0 spiro atoms. The van der Waals surface area contributed by atoms with Crippen LogP contribution in [-0.4, -0.2) is 32.4 Å². The van der Waals surface area contributed by atoms with E-state index in [1.165, 1.54) is 20.3 Å². The summed E-state index contributed by atoms with van der Waals surface area (Å²) in [5.41, 5.74) is 0.396. The van der Waals surface area contributed by atoms with Crippen LogP contribution in [0.4, 0.5) is 4.39 Å². The van der Waals surface area contributed by atoms with Crippen molar-refractivity contribution in [3.05, 3.63) is 17.4 Å². The van der Waals surface area contributed by atoms with Gasteiger partial charge in [-0.3, -0.25) is 0 Å². The standard InChI is InChI=1S/C14H20FNO3/c1-18-12-7-11(17)13(15)10(14(12)19-2)6-9-4-3-5-16-8-9/h7,9,16-17H,3-6,8H2,1-2H3. The van der Waals surface area contributed by atoms with Crippen LogP contribution >= 0.6 is 0 Å². The molecule has 1 fully saturated rings. The molecule has 0 saturated carbocycles. The lowest BCUT2D eigenvalue weighted by molar-refractivity contribution is 0.326. The number of hydrogen-bond donors (Lipinski definition) is 2. The highest BCUT2D eigenvalue weighted by Gasteiger charge is 2.23. The predicted molar refractivity (Wildman–Crippen MR) is 70.5 cm³/mol. The van der Waals surface area contributed by atoms with Gasteiger partial charge in [0.15, 0.2) is 23.1 Å². The van der Waals surface area contributed by atoms with Crippen LogP contribution in [0.15, 0.2) is 6.07 Å². The summed E-state index contributed by atoms with van der Waals surface area (Å²) in [6.07, 6.45) is 2.67. The van der Waals surface area contributed by atoms with Gasteiger partial charge in [-0.1, -0.05) is 0 Å². The molecule has 0 bridgehead atoms. The maximum atomic E-state index is 14.1. The number of piperidine rings is 1. The van der Waals surface area contributed by atoms with E-state index in [0.717, 1.165) is 25.9 Å². The molecule has 2 N–H and O–H groups in total. The van der Waals surface area contributed by atoms with Crippen molar-refractivity contribution >= 4 is 0 Å². The first-order chi connectivity index (χ1) is 9.17. The van der Waals surface area contributed by atoms with E-state index in [9.17, 15) is 9.50 Å². The highest BCUT2D eigenvalue weighted by atomic mass is 19.1. The molecule has 0 aromatic heterocycles. The second-order valence-electron chi connectivity index (χ2n) is 4.84. The van der Waals surface area contributed by atoms with Gasteiger partial charge < -0.3 is 19.9 Å². The molecule has 106 valence electrons. The van der Waals surface area contributed by atoms with Crippen molar-refractivity contribution in [3.8, 4) is 17.2 Å². The van der Waals surface area contributed by atoms with E-state index in [-0.39, 0.29) is 0 Å². The smallest absolute Gasteiger partial charge is 0.171 e. The molecule has 0 radical (unpaired) electrons. The molecular weight excluding hydrogens is 249 g/mol. The molecule has 1 saturated heterocycles. The van der Waals surface area contributed by atoms with E-state index >= 15 is 0 Å². The highest BCUT2D eigenvalue weighted by molar-refractivity contribution is 5.52. The number of rotatable bonds is 4. The molecule has 4 nitrogen and oxygen atoms in total. The van der Waals surface area contributed by atoms with Gasteiger partial charge in [-0.15, -0.1) is 0 Å². The number of methoxy groups -OCH3 is 2. The number of phenols is 1. The summed E-state index contributed by atoms with van der Waals surface area (Å²) in [5.74, 6) is 0.0897. The van der Waals surface area contributed by atoms with Crippen molar-refractivity contribution in [1.29, 1.82) is 0 Å². The molecule has 0 aliphatic carbocycles. The molecule has 1 unspecified atom stereocenters. The molecule has 1 aromatic carbocycles. The Morgan fingerprint density at radius 3 is 2.79 bits per heavy atom. The summed E-state index contributed by atoms with van der Waals surface area (Å²) < 4.78 is 24.5. The fourth-order valence-electron chi connectivity index (χ4n) is 2.60. The Balaban J connectivity index is 2.33. The van der Waals surface area contributed by atoms with Crippen LogP contribution in [0, 0.1) is 11.7 Å². The average molecular weight is 269 g/mol. The number of aromatic hydroxyl groups is 1. The zero-order valence-corrected chi connectivity index (χ0v) is 11.3. The molecular formula is C14H20FNO3. The molecule has 0 amide bonds. The minimum absolute atomic E-state index is 0.351. The molecule has 1 heterocycles.